The third kappa shape index (κ3) is 6.37. The van der Waals surface area contributed by atoms with Gasteiger partial charge in [0.25, 0.3) is 0 Å². The van der Waals surface area contributed by atoms with Crippen LogP contribution in [-0.4, -0.2) is 37.1 Å². The fourth-order valence-corrected chi connectivity index (χ4v) is 2.63. The summed E-state index contributed by atoms with van der Waals surface area (Å²) in [6, 6.07) is 3.88. The zero-order chi connectivity index (χ0) is 20.0. The number of rotatable bonds is 3. The third-order valence-electron chi connectivity index (χ3n) is 3.10. The Bertz CT molecular complexity index is 927. The summed E-state index contributed by atoms with van der Waals surface area (Å²) < 4.78 is 7.13. The molecule has 0 fully saturated rings. The van der Waals surface area contributed by atoms with E-state index in [0.29, 0.717) is 5.13 Å². The first kappa shape index (κ1) is 20.4. The van der Waals surface area contributed by atoms with Crippen molar-refractivity contribution >= 4 is 34.2 Å². The van der Waals surface area contributed by atoms with Gasteiger partial charge in [0.05, 0.1) is 5.69 Å². The minimum absolute atomic E-state index is 0.222. The minimum atomic E-state index is -0.745. The molecule has 0 saturated carbocycles. The lowest BCUT2D eigenvalue weighted by Gasteiger charge is -2.18. The molecule has 3 aromatic heterocycles. The summed E-state index contributed by atoms with van der Waals surface area (Å²) in [5.74, 6) is -0.745. The van der Waals surface area contributed by atoms with Gasteiger partial charge in [-0.3, -0.25) is 10.1 Å². The second kappa shape index (κ2) is 8.63. The fraction of sp³-hybridized carbons (Fsp3) is 0.333. The van der Waals surface area contributed by atoms with Crippen molar-refractivity contribution in [2.75, 3.05) is 5.32 Å². The van der Waals surface area contributed by atoms with Crippen LogP contribution in [0.5, 0.6) is 0 Å². The van der Waals surface area contributed by atoms with E-state index in [1.807, 2.05) is 55.1 Å². The summed E-state index contributed by atoms with van der Waals surface area (Å²) in [4.78, 5) is 29.7. The number of ether oxygens (including phenoxy) is 1. The maximum absolute atomic E-state index is 11.7. The number of carboxylic acid groups (broad SMARTS) is 1. The number of carbonyl (C=O) groups is 2. The maximum atomic E-state index is 11.7. The summed E-state index contributed by atoms with van der Waals surface area (Å²) in [5.41, 5.74) is 2.10. The molecule has 0 aliphatic rings. The predicted octanol–water partition coefficient (Wildman–Crippen LogP) is 4.29. The molecule has 0 saturated heterocycles. The lowest BCUT2D eigenvalue weighted by atomic mass is 10.2. The number of nitrogens with zero attached hydrogens (tertiary/aromatic N) is 3. The van der Waals surface area contributed by atoms with E-state index in [9.17, 15) is 9.59 Å². The van der Waals surface area contributed by atoms with Crippen LogP contribution >= 0.6 is 11.3 Å². The Morgan fingerprint density at radius 2 is 2.04 bits per heavy atom. The quantitative estimate of drug-likeness (QED) is 0.691. The van der Waals surface area contributed by atoms with Gasteiger partial charge in [-0.25, -0.2) is 14.8 Å². The van der Waals surface area contributed by atoms with Crippen molar-refractivity contribution in [1.29, 1.82) is 0 Å². The van der Waals surface area contributed by atoms with Crippen molar-refractivity contribution in [2.24, 2.45) is 0 Å². The lowest BCUT2D eigenvalue weighted by molar-refractivity contribution is -0.136. The number of imidazole rings is 1. The molecule has 2 N–H and O–H groups in total. The average Bonchev–Trinajstić information content (AvgIpc) is 3.21. The number of hydrogen-bond donors (Lipinski definition) is 2. The monoisotopic (exact) mass is 390 g/mol. The third-order valence-corrected chi connectivity index (χ3v) is 3.86. The molecule has 0 aliphatic carbocycles. The van der Waals surface area contributed by atoms with E-state index < -0.39 is 17.7 Å². The Balaban J connectivity index is 0.000000465. The lowest BCUT2D eigenvalue weighted by Crippen LogP contribution is -2.27. The Morgan fingerprint density at radius 3 is 2.67 bits per heavy atom. The van der Waals surface area contributed by atoms with E-state index in [0.717, 1.165) is 16.9 Å². The number of aromatic nitrogens is 3. The van der Waals surface area contributed by atoms with Crippen LogP contribution < -0.4 is 5.32 Å². The van der Waals surface area contributed by atoms with Gasteiger partial charge in [0.2, 0.25) is 0 Å². The summed E-state index contributed by atoms with van der Waals surface area (Å²) in [7, 11) is 0. The van der Waals surface area contributed by atoms with Crippen LogP contribution in [0.2, 0.25) is 0 Å². The molecule has 3 aromatic rings. The number of pyridine rings is 1. The summed E-state index contributed by atoms with van der Waals surface area (Å²) >= 11 is 1.36. The van der Waals surface area contributed by atoms with E-state index >= 15 is 0 Å². The van der Waals surface area contributed by atoms with Crippen molar-refractivity contribution in [3.8, 4) is 11.3 Å². The highest BCUT2D eigenvalue weighted by Crippen LogP contribution is 2.25. The molecule has 0 aliphatic heterocycles. The molecule has 0 aromatic carbocycles. The smallest absolute Gasteiger partial charge is 0.413 e. The van der Waals surface area contributed by atoms with E-state index in [1.165, 1.54) is 11.3 Å². The maximum Gasteiger partial charge on any atom is 0.413 e. The summed E-state index contributed by atoms with van der Waals surface area (Å²) in [6.45, 7) is 7.06. The van der Waals surface area contributed by atoms with Gasteiger partial charge in [-0.15, -0.1) is 11.3 Å². The van der Waals surface area contributed by atoms with Gasteiger partial charge in [0.1, 0.15) is 11.2 Å². The molecule has 0 unspecified atom stereocenters. The van der Waals surface area contributed by atoms with Crippen LogP contribution in [0, 0.1) is 0 Å². The first-order valence-corrected chi connectivity index (χ1v) is 9.16. The van der Waals surface area contributed by atoms with Gasteiger partial charge in [-0.2, -0.15) is 0 Å². The first-order valence-electron chi connectivity index (χ1n) is 8.28. The fourth-order valence-electron chi connectivity index (χ4n) is 1.93. The molecule has 27 heavy (non-hydrogen) atoms. The van der Waals surface area contributed by atoms with Crippen LogP contribution in [0.15, 0.2) is 36.1 Å². The van der Waals surface area contributed by atoms with Gasteiger partial charge in [-0.05, 0) is 32.9 Å². The zero-order valence-electron chi connectivity index (χ0n) is 15.6. The highest BCUT2D eigenvalue weighted by Gasteiger charge is 2.17. The minimum Gasteiger partial charge on any atom is -0.481 e. The van der Waals surface area contributed by atoms with Crippen molar-refractivity contribution in [2.45, 2.75) is 39.7 Å². The molecule has 0 bridgehead atoms. The van der Waals surface area contributed by atoms with E-state index in [4.69, 9.17) is 9.84 Å². The average molecular weight is 390 g/mol. The molecule has 0 spiro atoms. The molecule has 0 atom stereocenters. The molecule has 0 radical (unpaired) electrons. The van der Waals surface area contributed by atoms with Crippen molar-refractivity contribution < 1.29 is 19.4 Å². The van der Waals surface area contributed by atoms with Crippen molar-refractivity contribution in [1.82, 2.24) is 14.4 Å². The number of carbonyl (C=O) groups excluding carboxylic acids is 1. The number of hydrogen-bond acceptors (Lipinski definition) is 6. The number of fused-ring (bicyclic) bond motifs is 1. The molecule has 8 nitrogen and oxygen atoms in total. The zero-order valence-corrected chi connectivity index (χ0v) is 16.4. The first-order chi connectivity index (χ1) is 12.7. The topological polar surface area (TPSA) is 106 Å². The highest BCUT2D eigenvalue weighted by molar-refractivity contribution is 7.14. The number of carboxylic acids is 1. The second-order valence-electron chi connectivity index (χ2n) is 6.52. The largest absolute Gasteiger partial charge is 0.481 e. The predicted molar refractivity (Wildman–Crippen MR) is 104 cm³/mol. The summed E-state index contributed by atoms with van der Waals surface area (Å²) in [5, 5.41) is 12.8. The SMILES string of the molecule is CC(C)(C)OC(=O)Nc1nc(-c2ccc3nccn3c2)cs1.CCC(=O)O. The van der Waals surface area contributed by atoms with Gasteiger partial charge in [0.15, 0.2) is 5.13 Å². The molecule has 144 valence electrons. The van der Waals surface area contributed by atoms with Gasteiger partial charge >= 0.3 is 12.1 Å². The van der Waals surface area contributed by atoms with Crippen LogP contribution in [0.25, 0.3) is 16.9 Å². The van der Waals surface area contributed by atoms with Crippen LogP contribution in [0.3, 0.4) is 0 Å². The van der Waals surface area contributed by atoms with Gasteiger partial charge in [0, 0.05) is 36.0 Å². The molecule has 9 heteroatoms. The van der Waals surface area contributed by atoms with E-state index in [1.54, 1.807) is 13.1 Å². The van der Waals surface area contributed by atoms with Crippen LogP contribution in [0.4, 0.5) is 9.93 Å². The number of aliphatic carboxylic acids is 1. The number of amides is 1. The van der Waals surface area contributed by atoms with Gasteiger partial charge in [-0.1, -0.05) is 6.92 Å². The van der Waals surface area contributed by atoms with Crippen LogP contribution in [0.1, 0.15) is 34.1 Å². The molecule has 3 heterocycles. The second-order valence-corrected chi connectivity index (χ2v) is 7.38. The van der Waals surface area contributed by atoms with Crippen molar-refractivity contribution in [3.63, 3.8) is 0 Å². The Labute approximate surface area is 160 Å². The normalized spacial score (nSPS) is 10.8. The number of anilines is 1. The molecule has 3 rings (SSSR count). The molecular weight excluding hydrogens is 368 g/mol. The number of thiazole rings is 1. The number of nitrogens with one attached hydrogen (secondary N) is 1. The van der Waals surface area contributed by atoms with Gasteiger partial charge < -0.3 is 14.2 Å². The Kier molecular flexibility index (Phi) is 6.51. The molecule has 1 amide bonds. The van der Waals surface area contributed by atoms with Crippen molar-refractivity contribution in [3.05, 3.63) is 36.1 Å². The highest BCUT2D eigenvalue weighted by atomic mass is 32.1. The molecular formula is C18H22N4O4S. The Hall–Kier alpha value is -2.94. The standard InChI is InChI=1S/C15H16N4O2S.C3H6O2/c1-15(2,3)21-14(20)18-13-17-11(9-22-13)10-4-5-12-16-6-7-19(12)8-10;1-2-3(4)5/h4-9H,1-3H3,(H,17,18,20);2H2,1H3,(H,4,5). The van der Waals surface area contributed by atoms with E-state index in [2.05, 4.69) is 15.3 Å². The van der Waals surface area contributed by atoms with E-state index in [-0.39, 0.29) is 6.42 Å². The summed E-state index contributed by atoms with van der Waals surface area (Å²) in [6.07, 6.45) is 5.30. The Morgan fingerprint density at radius 1 is 1.33 bits per heavy atom. The van der Waals surface area contributed by atoms with Crippen LogP contribution in [-0.2, 0) is 9.53 Å².